The molecule has 0 heterocycles. The summed E-state index contributed by atoms with van der Waals surface area (Å²) in [5.74, 6) is -0.309. The van der Waals surface area contributed by atoms with Crippen molar-refractivity contribution in [2.45, 2.75) is 51.4 Å². The normalized spacial score (nSPS) is 15.3. The van der Waals surface area contributed by atoms with Crippen molar-refractivity contribution >= 4 is 0 Å². The number of hydrogen-bond donors (Lipinski definition) is 1. The maximum absolute atomic E-state index is 13.0. The van der Waals surface area contributed by atoms with Crippen LogP contribution in [-0.2, 0) is 0 Å². The van der Waals surface area contributed by atoms with Crippen LogP contribution in [0.15, 0.2) is 24.3 Å². The fourth-order valence-corrected chi connectivity index (χ4v) is 1.99. The van der Waals surface area contributed by atoms with E-state index in [1.54, 1.807) is 12.1 Å². The van der Waals surface area contributed by atoms with Gasteiger partial charge in [0, 0.05) is 18.5 Å². The molecule has 0 saturated heterocycles. The molecule has 1 N–H and O–H groups in total. The molecule has 2 atom stereocenters. The summed E-state index contributed by atoms with van der Waals surface area (Å²) < 4.78 is 49.1. The Labute approximate surface area is 111 Å². The van der Waals surface area contributed by atoms with E-state index in [4.69, 9.17) is 0 Å². The molecule has 108 valence electrons. The summed E-state index contributed by atoms with van der Waals surface area (Å²) in [5.41, 5.74) is 0.794. The highest BCUT2D eigenvalue weighted by Gasteiger charge is 2.26. The summed E-state index contributed by atoms with van der Waals surface area (Å²) in [5, 5.41) is 3.18. The first-order valence-corrected chi connectivity index (χ1v) is 6.36. The molecule has 0 aliphatic rings. The zero-order valence-corrected chi connectivity index (χ0v) is 11.1. The number of halogens is 4. The SMILES string of the molecule is CC(CCCC(F)(F)F)N[C@@H](C)c1cccc(F)c1. The molecule has 1 aromatic rings. The molecule has 0 spiro atoms. The average Bonchev–Trinajstić information content (AvgIpc) is 2.27. The Kier molecular flexibility index (Phi) is 5.79. The number of rotatable bonds is 6. The largest absolute Gasteiger partial charge is 0.389 e. The predicted octanol–water partition coefficient (Wildman–Crippen LogP) is 4.60. The molecule has 5 heteroatoms. The lowest BCUT2D eigenvalue weighted by molar-refractivity contribution is -0.135. The second-order valence-corrected chi connectivity index (χ2v) is 4.85. The van der Waals surface area contributed by atoms with Crippen LogP contribution >= 0.6 is 0 Å². The van der Waals surface area contributed by atoms with Gasteiger partial charge in [-0.1, -0.05) is 12.1 Å². The Bertz CT molecular complexity index is 389. The first kappa shape index (κ1) is 16.0. The molecule has 19 heavy (non-hydrogen) atoms. The van der Waals surface area contributed by atoms with E-state index in [0.29, 0.717) is 6.42 Å². The quantitative estimate of drug-likeness (QED) is 0.749. The van der Waals surface area contributed by atoms with E-state index in [0.717, 1.165) is 5.56 Å². The maximum atomic E-state index is 13.0. The van der Waals surface area contributed by atoms with Crippen molar-refractivity contribution in [2.75, 3.05) is 0 Å². The van der Waals surface area contributed by atoms with E-state index < -0.39 is 12.6 Å². The summed E-state index contributed by atoms with van der Waals surface area (Å²) in [6.45, 7) is 3.71. The Morgan fingerprint density at radius 2 is 1.89 bits per heavy atom. The minimum absolute atomic E-state index is 0.0411. The number of benzene rings is 1. The standard InChI is InChI=1S/C14H19F4N/c1-10(5-4-8-14(16,17)18)19-11(2)12-6-3-7-13(15)9-12/h3,6-7,9-11,19H,4-5,8H2,1-2H3/t10?,11-/m0/s1. The fraction of sp³-hybridized carbons (Fsp3) is 0.571. The first-order valence-electron chi connectivity index (χ1n) is 6.36. The van der Waals surface area contributed by atoms with Gasteiger partial charge < -0.3 is 5.32 Å². The minimum atomic E-state index is -4.09. The summed E-state index contributed by atoms with van der Waals surface area (Å²) >= 11 is 0. The van der Waals surface area contributed by atoms with Crippen LogP contribution in [0.25, 0.3) is 0 Å². The lowest BCUT2D eigenvalue weighted by Gasteiger charge is -2.20. The van der Waals surface area contributed by atoms with E-state index in [-0.39, 0.29) is 24.3 Å². The van der Waals surface area contributed by atoms with Gasteiger partial charge in [-0.15, -0.1) is 0 Å². The van der Waals surface area contributed by atoms with Gasteiger partial charge in [0.15, 0.2) is 0 Å². The van der Waals surface area contributed by atoms with Crippen molar-refractivity contribution < 1.29 is 17.6 Å². The lowest BCUT2D eigenvalue weighted by atomic mass is 10.1. The molecule has 0 bridgehead atoms. The van der Waals surface area contributed by atoms with Gasteiger partial charge in [0.25, 0.3) is 0 Å². The van der Waals surface area contributed by atoms with Crippen molar-refractivity contribution in [1.29, 1.82) is 0 Å². The van der Waals surface area contributed by atoms with Gasteiger partial charge in [-0.25, -0.2) is 4.39 Å². The maximum Gasteiger partial charge on any atom is 0.389 e. The van der Waals surface area contributed by atoms with E-state index in [1.807, 2.05) is 13.8 Å². The molecule has 0 radical (unpaired) electrons. The van der Waals surface area contributed by atoms with Gasteiger partial charge in [0.2, 0.25) is 0 Å². The third-order valence-corrected chi connectivity index (χ3v) is 2.98. The smallest absolute Gasteiger partial charge is 0.308 e. The predicted molar refractivity (Wildman–Crippen MR) is 67.3 cm³/mol. The van der Waals surface area contributed by atoms with E-state index in [9.17, 15) is 17.6 Å². The molecule has 0 fully saturated rings. The molecular formula is C14H19F4N. The van der Waals surface area contributed by atoms with E-state index >= 15 is 0 Å². The summed E-state index contributed by atoms with van der Waals surface area (Å²) in [6.07, 6.45) is -4.30. The molecule has 1 rings (SSSR count). The van der Waals surface area contributed by atoms with Crippen LogP contribution in [0.3, 0.4) is 0 Å². The highest BCUT2D eigenvalue weighted by molar-refractivity contribution is 5.19. The van der Waals surface area contributed by atoms with Gasteiger partial charge in [-0.2, -0.15) is 13.2 Å². The Hall–Kier alpha value is -1.10. The fourth-order valence-electron chi connectivity index (χ4n) is 1.99. The molecule has 0 aliphatic heterocycles. The molecular weight excluding hydrogens is 258 g/mol. The Morgan fingerprint density at radius 3 is 2.47 bits per heavy atom. The summed E-state index contributed by atoms with van der Waals surface area (Å²) in [4.78, 5) is 0. The zero-order valence-electron chi connectivity index (χ0n) is 11.1. The highest BCUT2D eigenvalue weighted by Crippen LogP contribution is 2.23. The zero-order chi connectivity index (χ0) is 14.5. The van der Waals surface area contributed by atoms with Crippen LogP contribution < -0.4 is 5.32 Å². The van der Waals surface area contributed by atoms with Gasteiger partial charge in [0.05, 0.1) is 0 Å². The third kappa shape index (κ3) is 6.57. The molecule has 1 unspecified atom stereocenters. The molecule has 0 aliphatic carbocycles. The first-order chi connectivity index (χ1) is 8.78. The second kappa shape index (κ2) is 6.89. The van der Waals surface area contributed by atoms with Crippen molar-refractivity contribution in [3.05, 3.63) is 35.6 Å². The summed E-state index contributed by atoms with van der Waals surface area (Å²) in [6, 6.07) is 6.08. The molecule has 0 saturated carbocycles. The lowest BCUT2D eigenvalue weighted by Crippen LogP contribution is -2.29. The molecule has 1 nitrogen and oxygen atoms in total. The van der Waals surface area contributed by atoms with Gasteiger partial charge in [0.1, 0.15) is 5.82 Å². The van der Waals surface area contributed by atoms with Crippen LogP contribution in [0, 0.1) is 5.82 Å². The van der Waals surface area contributed by atoms with Crippen molar-refractivity contribution in [1.82, 2.24) is 5.32 Å². The monoisotopic (exact) mass is 277 g/mol. The van der Waals surface area contributed by atoms with E-state index in [2.05, 4.69) is 5.32 Å². The van der Waals surface area contributed by atoms with Crippen LogP contribution in [0.1, 0.15) is 44.7 Å². The van der Waals surface area contributed by atoms with Crippen molar-refractivity contribution in [3.63, 3.8) is 0 Å². The van der Waals surface area contributed by atoms with E-state index in [1.165, 1.54) is 12.1 Å². The second-order valence-electron chi connectivity index (χ2n) is 4.85. The van der Waals surface area contributed by atoms with Crippen LogP contribution in [0.5, 0.6) is 0 Å². The van der Waals surface area contributed by atoms with Gasteiger partial charge in [-0.05, 0) is 44.4 Å². The van der Waals surface area contributed by atoms with Crippen LogP contribution in [0.2, 0.25) is 0 Å². The Balaban J connectivity index is 2.38. The highest BCUT2D eigenvalue weighted by atomic mass is 19.4. The minimum Gasteiger partial charge on any atom is -0.308 e. The Morgan fingerprint density at radius 1 is 1.21 bits per heavy atom. The van der Waals surface area contributed by atoms with Crippen LogP contribution in [0.4, 0.5) is 17.6 Å². The topological polar surface area (TPSA) is 12.0 Å². The molecule has 0 aromatic heterocycles. The average molecular weight is 277 g/mol. The van der Waals surface area contributed by atoms with Crippen molar-refractivity contribution in [3.8, 4) is 0 Å². The summed E-state index contributed by atoms with van der Waals surface area (Å²) in [7, 11) is 0. The van der Waals surface area contributed by atoms with Crippen molar-refractivity contribution in [2.24, 2.45) is 0 Å². The molecule has 1 aromatic carbocycles. The van der Waals surface area contributed by atoms with Crippen LogP contribution in [-0.4, -0.2) is 12.2 Å². The number of alkyl halides is 3. The number of nitrogens with one attached hydrogen (secondary N) is 1. The van der Waals surface area contributed by atoms with Gasteiger partial charge in [-0.3, -0.25) is 0 Å². The molecule has 0 amide bonds. The third-order valence-electron chi connectivity index (χ3n) is 2.98. The van der Waals surface area contributed by atoms with Gasteiger partial charge >= 0.3 is 6.18 Å². The number of hydrogen-bond acceptors (Lipinski definition) is 1.